The number of amides is 2. The van der Waals surface area contributed by atoms with Crippen LogP contribution in [0.5, 0.6) is 0 Å². The third-order valence-electron chi connectivity index (χ3n) is 7.02. The Labute approximate surface area is 259 Å². The van der Waals surface area contributed by atoms with Crippen molar-refractivity contribution in [3.63, 3.8) is 0 Å². The molecule has 1 N–H and O–H groups in total. The van der Waals surface area contributed by atoms with Crippen LogP contribution in [-0.4, -0.2) is 44.3 Å². The van der Waals surface area contributed by atoms with Gasteiger partial charge in [0, 0.05) is 24.5 Å². The summed E-state index contributed by atoms with van der Waals surface area (Å²) in [5.41, 5.74) is 3.10. The van der Waals surface area contributed by atoms with Crippen LogP contribution in [0.4, 0.5) is 5.69 Å². The van der Waals surface area contributed by atoms with Crippen LogP contribution < -0.4 is 9.62 Å². The van der Waals surface area contributed by atoms with E-state index < -0.39 is 28.5 Å². The number of nitrogens with one attached hydrogen (secondary N) is 1. The minimum atomic E-state index is -4.17. The smallest absolute Gasteiger partial charge is 0.264 e. The number of carbonyl (C=O) groups is 2. The zero-order chi connectivity index (χ0) is 30.8. The molecule has 0 aliphatic carbocycles. The van der Waals surface area contributed by atoms with Gasteiger partial charge in [0.05, 0.1) is 10.6 Å². The molecule has 7 nitrogen and oxygen atoms in total. The summed E-state index contributed by atoms with van der Waals surface area (Å²) in [6, 6.07) is 30.6. The molecule has 2 amide bonds. The van der Waals surface area contributed by atoms with Crippen molar-refractivity contribution < 1.29 is 18.0 Å². The van der Waals surface area contributed by atoms with Crippen LogP contribution >= 0.6 is 11.6 Å². The van der Waals surface area contributed by atoms with Crippen molar-refractivity contribution in [2.45, 2.75) is 44.2 Å². The van der Waals surface area contributed by atoms with E-state index in [1.165, 1.54) is 29.2 Å². The summed E-state index contributed by atoms with van der Waals surface area (Å²) in [6.07, 6.45) is 1.00. The van der Waals surface area contributed by atoms with Crippen LogP contribution in [-0.2, 0) is 32.6 Å². The second-order valence-electron chi connectivity index (χ2n) is 10.3. The van der Waals surface area contributed by atoms with Crippen molar-refractivity contribution >= 4 is 39.1 Å². The van der Waals surface area contributed by atoms with Gasteiger partial charge in [-0.15, -0.1) is 0 Å². The molecule has 0 aromatic heterocycles. The van der Waals surface area contributed by atoms with Crippen molar-refractivity contribution in [2.75, 3.05) is 17.4 Å². The highest BCUT2D eigenvalue weighted by Crippen LogP contribution is 2.26. The molecule has 0 saturated heterocycles. The number of sulfonamides is 1. The number of anilines is 1. The highest BCUT2D eigenvalue weighted by Gasteiger charge is 2.34. The van der Waals surface area contributed by atoms with E-state index in [2.05, 4.69) is 5.32 Å². The van der Waals surface area contributed by atoms with Crippen molar-refractivity contribution in [3.8, 4) is 0 Å². The van der Waals surface area contributed by atoms with E-state index in [9.17, 15) is 18.0 Å². The van der Waals surface area contributed by atoms with Gasteiger partial charge in [-0.1, -0.05) is 96.9 Å². The number of rotatable bonds is 13. The Morgan fingerprint density at radius 2 is 1.42 bits per heavy atom. The first-order valence-electron chi connectivity index (χ1n) is 14.2. The fourth-order valence-electron chi connectivity index (χ4n) is 4.67. The monoisotopic (exact) mass is 617 g/mol. The molecule has 0 radical (unpaired) electrons. The maximum atomic E-state index is 14.4. The van der Waals surface area contributed by atoms with Crippen LogP contribution in [0, 0.1) is 6.92 Å². The van der Waals surface area contributed by atoms with Gasteiger partial charge in [0.15, 0.2) is 0 Å². The van der Waals surface area contributed by atoms with Gasteiger partial charge in [0.2, 0.25) is 11.8 Å². The van der Waals surface area contributed by atoms with Gasteiger partial charge in [-0.3, -0.25) is 13.9 Å². The molecule has 0 bridgehead atoms. The average Bonchev–Trinajstić information content (AvgIpc) is 3.02. The lowest BCUT2D eigenvalue weighted by molar-refractivity contribution is -0.140. The summed E-state index contributed by atoms with van der Waals surface area (Å²) in [5, 5.41) is 3.35. The first kappa shape index (κ1) is 31.8. The SMILES string of the molecule is CCCNC(=O)[C@@H](Cc1ccccc1)N(Cc1ccc(C)cc1)C(=O)CN(c1ccccc1)S(=O)(=O)c1ccc(Cl)cc1. The zero-order valence-electron chi connectivity index (χ0n) is 24.3. The Morgan fingerprint density at radius 1 is 0.814 bits per heavy atom. The first-order valence-corrected chi connectivity index (χ1v) is 16.0. The van der Waals surface area contributed by atoms with Gasteiger partial charge in [-0.05, 0) is 60.9 Å². The predicted molar refractivity (Wildman–Crippen MR) is 171 cm³/mol. The van der Waals surface area contributed by atoms with Gasteiger partial charge in [0.25, 0.3) is 10.0 Å². The molecule has 4 aromatic rings. The van der Waals surface area contributed by atoms with E-state index in [0.717, 1.165) is 27.4 Å². The Hall–Kier alpha value is -4.14. The van der Waals surface area contributed by atoms with Gasteiger partial charge >= 0.3 is 0 Å². The van der Waals surface area contributed by atoms with E-state index in [1.807, 2.05) is 68.4 Å². The molecule has 224 valence electrons. The molecule has 43 heavy (non-hydrogen) atoms. The highest BCUT2D eigenvalue weighted by atomic mass is 35.5. The molecular weight excluding hydrogens is 582 g/mol. The van der Waals surface area contributed by atoms with E-state index in [0.29, 0.717) is 17.3 Å². The van der Waals surface area contributed by atoms with E-state index in [4.69, 9.17) is 11.6 Å². The maximum absolute atomic E-state index is 14.4. The molecule has 0 heterocycles. The molecule has 4 aromatic carbocycles. The summed E-state index contributed by atoms with van der Waals surface area (Å²) in [6.45, 7) is 4.01. The molecule has 4 rings (SSSR count). The lowest BCUT2D eigenvalue weighted by atomic mass is 10.0. The Morgan fingerprint density at radius 3 is 2.02 bits per heavy atom. The summed E-state index contributed by atoms with van der Waals surface area (Å²) < 4.78 is 29.0. The third-order valence-corrected chi connectivity index (χ3v) is 9.06. The number of hydrogen-bond donors (Lipinski definition) is 1. The summed E-state index contributed by atoms with van der Waals surface area (Å²) in [4.78, 5) is 29.5. The fraction of sp³-hybridized carbons (Fsp3) is 0.235. The summed E-state index contributed by atoms with van der Waals surface area (Å²) in [7, 11) is -4.17. The quantitative estimate of drug-likeness (QED) is 0.199. The number of carbonyl (C=O) groups excluding carboxylic acids is 2. The Kier molecular flexibility index (Phi) is 11.0. The van der Waals surface area contributed by atoms with E-state index >= 15 is 0 Å². The van der Waals surface area contributed by atoms with Gasteiger partial charge in [0.1, 0.15) is 12.6 Å². The van der Waals surface area contributed by atoms with Crippen LogP contribution in [0.25, 0.3) is 0 Å². The van der Waals surface area contributed by atoms with Crippen molar-refractivity contribution in [1.82, 2.24) is 10.2 Å². The molecule has 0 fully saturated rings. The van der Waals surface area contributed by atoms with Crippen LogP contribution in [0.3, 0.4) is 0 Å². The molecule has 1 atom stereocenters. The Balaban J connectivity index is 1.77. The lowest BCUT2D eigenvalue weighted by Crippen LogP contribution is -2.53. The van der Waals surface area contributed by atoms with Crippen molar-refractivity contribution in [1.29, 1.82) is 0 Å². The number of benzene rings is 4. The molecule has 0 aliphatic rings. The number of para-hydroxylation sites is 1. The van der Waals surface area contributed by atoms with Gasteiger partial charge in [-0.2, -0.15) is 0 Å². The highest BCUT2D eigenvalue weighted by molar-refractivity contribution is 7.92. The molecule has 0 aliphatic heterocycles. The van der Waals surface area contributed by atoms with Crippen molar-refractivity contribution in [3.05, 3.63) is 131 Å². The number of aryl methyl sites for hydroxylation is 1. The predicted octanol–water partition coefficient (Wildman–Crippen LogP) is 6.01. The number of halogens is 1. The topological polar surface area (TPSA) is 86.8 Å². The van der Waals surface area contributed by atoms with E-state index in [-0.39, 0.29) is 23.8 Å². The standard InChI is InChI=1S/C34H36ClN3O4S/c1-3-22-36-34(40)32(23-27-10-6-4-7-11-27)37(24-28-16-14-26(2)15-17-28)33(39)25-38(30-12-8-5-9-13-30)43(41,42)31-20-18-29(35)19-21-31/h4-21,32H,3,22-25H2,1-2H3,(H,36,40)/t32-/m1/s1. The molecule has 0 spiro atoms. The molecule has 9 heteroatoms. The van der Waals surface area contributed by atoms with Crippen LogP contribution in [0.2, 0.25) is 5.02 Å². The second-order valence-corrected chi connectivity index (χ2v) is 12.6. The lowest BCUT2D eigenvalue weighted by Gasteiger charge is -2.34. The summed E-state index contributed by atoms with van der Waals surface area (Å²) >= 11 is 6.03. The second kappa shape index (κ2) is 14.8. The largest absolute Gasteiger partial charge is 0.354 e. The van der Waals surface area contributed by atoms with Crippen LogP contribution in [0.15, 0.2) is 114 Å². The number of hydrogen-bond acceptors (Lipinski definition) is 4. The third kappa shape index (κ3) is 8.46. The maximum Gasteiger partial charge on any atom is 0.264 e. The zero-order valence-corrected chi connectivity index (χ0v) is 25.9. The minimum Gasteiger partial charge on any atom is -0.354 e. The molecule has 0 saturated carbocycles. The number of nitrogens with zero attached hydrogens (tertiary/aromatic N) is 2. The van der Waals surface area contributed by atoms with Crippen molar-refractivity contribution in [2.24, 2.45) is 0 Å². The van der Waals surface area contributed by atoms with Gasteiger partial charge in [-0.25, -0.2) is 8.42 Å². The fourth-order valence-corrected chi connectivity index (χ4v) is 6.21. The van der Waals surface area contributed by atoms with E-state index in [1.54, 1.807) is 30.3 Å². The molecule has 0 unspecified atom stereocenters. The Bertz CT molecular complexity index is 1600. The summed E-state index contributed by atoms with van der Waals surface area (Å²) in [5.74, 6) is -0.799. The normalized spacial score (nSPS) is 11.9. The molecular formula is C34H36ClN3O4S. The minimum absolute atomic E-state index is 0.000150. The van der Waals surface area contributed by atoms with Gasteiger partial charge < -0.3 is 10.2 Å². The van der Waals surface area contributed by atoms with Crippen LogP contribution in [0.1, 0.15) is 30.0 Å². The first-order chi connectivity index (χ1) is 20.7. The average molecular weight is 618 g/mol.